The van der Waals surface area contributed by atoms with Crippen LogP contribution in [0, 0.1) is 5.92 Å². The van der Waals surface area contributed by atoms with Crippen LogP contribution < -0.4 is 5.32 Å². The molecule has 2 aliphatic rings. The fourth-order valence-corrected chi connectivity index (χ4v) is 3.56. The summed E-state index contributed by atoms with van der Waals surface area (Å²) in [6.45, 7) is 0.0763. The van der Waals surface area contributed by atoms with Gasteiger partial charge in [0.1, 0.15) is 0 Å². The lowest BCUT2D eigenvalue weighted by molar-refractivity contribution is -0.316. The van der Waals surface area contributed by atoms with Crippen molar-refractivity contribution in [3.05, 3.63) is 35.9 Å². The van der Waals surface area contributed by atoms with Crippen molar-refractivity contribution >= 4 is 17.5 Å². The first-order valence-corrected chi connectivity index (χ1v) is 8.78. The summed E-state index contributed by atoms with van der Waals surface area (Å²) in [5.74, 6) is -4.06. The predicted octanol–water partition coefficient (Wildman–Crippen LogP) is 1.98. The van der Waals surface area contributed by atoms with Crippen LogP contribution in [-0.4, -0.2) is 46.1 Å². The molecular formula is C18H20F3N3O3. The topological polar surface area (TPSA) is 82.0 Å². The summed E-state index contributed by atoms with van der Waals surface area (Å²) in [6.07, 6.45) is -3.25. The lowest BCUT2D eigenvalue weighted by atomic mass is 9.80. The van der Waals surface area contributed by atoms with Crippen molar-refractivity contribution in [3.63, 3.8) is 0 Å². The molecule has 1 saturated carbocycles. The number of hydrogen-bond donors (Lipinski definition) is 2. The number of benzene rings is 1. The molecule has 1 aromatic rings. The van der Waals surface area contributed by atoms with E-state index < -0.39 is 29.6 Å². The molecule has 0 saturated heterocycles. The number of amides is 2. The van der Waals surface area contributed by atoms with Crippen LogP contribution in [0.15, 0.2) is 35.4 Å². The normalized spacial score (nSPS) is 25.0. The van der Waals surface area contributed by atoms with Crippen molar-refractivity contribution in [3.8, 4) is 0 Å². The molecule has 0 spiro atoms. The van der Waals surface area contributed by atoms with E-state index in [0.717, 1.165) is 5.56 Å². The summed E-state index contributed by atoms with van der Waals surface area (Å²) < 4.78 is 40.8. The van der Waals surface area contributed by atoms with Gasteiger partial charge >= 0.3 is 18.0 Å². The number of aliphatic hydroxyl groups is 1. The minimum Gasteiger partial charge on any atom is -0.362 e. The van der Waals surface area contributed by atoms with Gasteiger partial charge in [0.05, 0.1) is 5.92 Å². The van der Waals surface area contributed by atoms with Crippen molar-refractivity contribution in [1.82, 2.24) is 10.3 Å². The predicted molar refractivity (Wildman–Crippen MR) is 90.4 cm³/mol. The molecule has 0 aromatic heterocycles. The van der Waals surface area contributed by atoms with Gasteiger partial charge in [0, 0.05) is 12.3 Å². The molecule has 9 heteroatoms. The first-order valence-electron chi connectivity index (χ1n) is 8.78. The molecule has 0 radical (unpaired) electrons. The highest BCUT2D eigenvalue weighted by atomic mass is 19.4. The van der Waals surface area contributed by atoms with E-state index in [4.69, 9.17) is 0 Å². The van der Waals surface area contributed by atoms with E-state index in [2.05, 4.69) is 10.4 Å². The zero-order valence-corrected chi connectivity index (χ0v) is 14.5. The zero-order valence-electron chi connectivity index (χ0n) is 14.5. The van der Waals surface area contributed by atoms with Crippen LogP contribution in [0.1, 0.15) is 31.2 Å². The second-order valence-electron chi connectivity index (χ2n) is 6.72. The van der Waals surface area contributed by atoms with E-state index in [-0.39, 0.29) is 30.1 Å². The van der Waals surface area contributed by atoms with Crippen molar-refractivity contribution in [2.24, 2.45) is 11.0 Å². The number of halogens is 3. The molecule has 27 heavy (non-hydrogen) atoms. The summed E-state index contributed by atoms with van der Waals surface area (Å²) in [4.78, 5) is 24.4. The highest BCUT2D eigenvalue weighted by molar-refractivity contribution is 6.35. The van der Waals surface area contributed by atoms with Gasteiger partial charge in [-0.3, -0.25) is 9.59 Å². The van der Waals surface area contributed by atoms with Crippen LogP contribution in [0.4, 0.5) is 13.2 Å². The standard InChI is InChI=1S/C18H20F3N3O3/c19-18(20,21)17(27)13-8-4-5-9-14(13)23-24(17)16(26)15(25)22-11-10-12-6-2-1-3-7-12/h1-3,6-7,13,27H,4-5,8-11H2,(H,22,25)/t13-,17-/m0/s1. The van der Waals surface area contributed by atoms with E-state index in [9.17, 15) is 27.9 Å². The van der Waals surface area contributed by atoms with Crippen molar-refractivity contribution in [2.75, 3.05) is 6.54 Å². The molecule has 3 rings (SSSR count). The molecule has 0 bridgehead atoms. The Bertz CT molecular complexity index is 751. The van der Waals surface area contributed by atoms with Crippen molar-refractivity contribution < 1.29 is 27.9 Å². The van der Waals surface area contributed by atoms with Gasteiger partial charge < -0.3 is 10.4 Å². The summed E-state index contributed by atoms with van der Waals surface area (Å²) in [5.41, 5.74) is -2.45. The van der Waals surface area contributed by atoms with Crippen LogP contribution >= 0.6 is 0 Å². The second kappa shape index (κ2) is 7.30. The number of hydrazone groups is 1. The molecule has 1 fully saturated rings. The number of nitrogens with one attached hydrogen (secondary N) is 1. The van der Waals surface area contributed by atoms with E-state index >= 15 is 0 Å². The fraction of sp³-hybridized carbons (Fsp3) is 0.500. The molecule has 2 atom stereocenters. The molecule has 6 nitrogen and oxygen atoms in total. The molecule has 0 unspecified atom stereocenters. The zero-order chi connectivity index (χ0) is 19.7. The largest absolute Gasteiger partial charge is 0.439 e. The average molecular weight is 383 g/mol. The molecule has 146 valence electrons. The van der Waals surface area contributed by atoms with E-state index in [1.54, 1.807) is 0 Å². The maximum absolute atomic E-state index is 13.6. The lowest BCUT2D eigenvalue weighted by Gasteiger charge is -2.37. The Balaban J connectivity index is 1.71. The Hall–Kier alpha value is -2.42. The molecule has 1 heterocycles. The number of fused-ring (bicyclic) bond motifs is 1. The molecule has 2 N–H and O–H groups in total. The first-order chi connectivity index (χ1) is 12.7. The molecular weight excluding hydrogens is 363 g/mol. The Morgan fingerprint density at radius 1 is 1.26 bits per heavy atom. The van der Waals surface area contributed by atoms with Gasteiger partial charge in [0.25, 0.3) is 5.72 Å². The Kier molecular flexibility index (Phi) is 5.23. The van der Waals surface area contributed by atoms with Gasteiger partial charge in [-0.05, 0) is 31.2 Å². The molecule has 1 aromatic carbocycles. The third-order valence-corrected chi connectivity index (χ3v) is 4.96. The van der Waals surface area contributed by atoms with Crippen LogP contribution in [-0.2, 0) is 16.0 Å². The molecule has 2 amide bonds. The highest BCUT2D eigenvalue weighted by Crippen LogP contribution is 2.48. The maximum Gasteiger partial charge on any atom is 0.439 e. The summed E-state index contributed by atoms with van der Waals surface area (Å²) in [5, 5.41) is 16.3. The highest BCUT2D eigenvalue weighted by Gasteiger charge is 2.68. The monoisotopic (exact) mass is 383 g/mol. The Morgan fingerprint density at radius 3 is 2.63 bits per heavy atom. The van der Waals surface area contributed by atoms with Gasteiger partial charge in [0.2, 0.25) is 0 Å². The van der Waals surface area contributed by atoms with Gasteiger partial charge in [-0.15, -0.1) is 0 Å². The Labute approximate surface area is 154 Å². The summed E-state index contributed by atoms with van der Waals surface area (Å²) in [6, 6.07) is 9.11. The Morgan fingerprint density at radius 2 is 1.96 bits per heavy atom. The quantitative estimate of drug-likeness (QED) is 0.784. The first kappa shape index (κ1) is 19.3. The number of carbonyl (C=O) groups excluding carboxylic acids is 2. The number of rotatable bonds is 3. The number of hydrogen-bond acceptors (Lipinski definition) is 4. The number of alkyl halides is 3. The maximum atomic E-state index is 13.6. The van der Waals surface area contributed by atoms with Crippen molar-refractivity contribution in [2.45, 2.75) is 44.0 Å². The van der Waals surface area contributed by atoms with Gasteiger partial charge in [-0.25, -0.2) is 0 Å². The van der Waals surface area contributed by atoms with Gasteiger partial charge in [-0.1, -0.05) is 36.8 Å². The van der Waals surface area contributed by atoms with E-state index in [1.807, 2.05) is 30.3 Å². The van der Waals surface area contributed by atoms with Crippen LogP contribution in [0.25, 0.3) is 0 Å². The summed E-state index contributed by atoms with van der Waals surface area (Å²) >= 11 is 0. The third kappa shape index (κ3) is 3.55. The van der Waals surface area contributed by atoms with Crippen LogP contribution in [0.3, 0.4) is 0 Å². The van der Waals surface area contributed by atoms with Gasteiger partial charge in [0.15, 0.2) is 0 Å². The van der Waals surface area contributed by atoms with E-state index in [0.29, 0.717) is 19.3 Å². The fourth-order valence-electron chi connectivity index (χ4n) is 3.56. The summed E-state index contributed by atoms with van der Waals surface area (Å²) in [7, 11) is 0. The molecule has 1 aliphatic heterocycles. The van der Waals surface area contributed by atoms with Crippen molar-refractivity contribution in [1.29, 1.82) is 0 Å². The van der Waals surface area contributed by atoms with Crippen LogP contribution in [0.5, 0.6) is 0 Å². The van der Waals surface area contributed by atoms with Gasteiger partial charge in [-0.2, -0.15) is 23.3 Å². The lowest BCUT2D eigenvalue weighted by Crippen LogP contribution is -2.63. The number of nitrogens with zero attached hydrogens (tertiary/aromatic N) is 2. The smallest absolute Gasteiger partial charge is 0.362 e. The van der Waals surface area contributed by atoms with E-state index in [1.165, 1.54) is 0 Å². The minimum absolute atomic E-state index is 0.0637. The second-order valence-corrected chi connectivity index (χ2v) is 6.72. The SMILES string of the molecule is O=C(NCCc1ccccc1)C(=O)N1N=C2CCCC[C@@H]2[C@]1(O)C(F)(F)F. The third-order valence-electron chi connectivity index (χ3n) is 4.96. The average Bonchev–Trinajstić information content (AvgIpc) is 2.96. The minimum atomic E-state index is -5.12. The number of carbonyl (C=O) groups is 2. The molecule has 1 aliphatic carbocycles. The van der Waals surface area contributed by atoms with Crippen LogP contribution in [0.2, 0.25) is 0 Å².